The van der Waals surface area contributed by atoms with Crippen molar-refractivity contribution in [3.63, 3.8) is 0 Å². The number of carbonyl (C=O) groups is 1. The number of aliphatic imine (C=N–C) groups is 2. The Morgan fingerprint density at radius 3 is 2.28 bits per heavy atom. The van der Waals surface area contributed by atoms with Crippen LogP contribution in [0.5, 0.6) is 0 Å². The summed E-state index contributed by atoms with van der Waals surface area (Å²) in [5.41, 5.74) is 1.43. The lowest BCUT2D eigenvalue weighted by Gasteiger charge is -2.27. The Morgan fingerprint density at radius 2 is 1.80 bits per heavy atom. The molecule has 1 aliphatic carbocycles. The molecule has 5 nitrogen and oxygen atoms in total. The summed E-state index contributed by atoms with van der Waals surface area (Å²) in [5.74, 6) is 0.743. The van der Waals surface area contributed by atoms with Crippen LogP contribution >= 0.6 is 0 Å². The van der Waals surface area contributed by atoms with E-state index < -0.39 is 0 Å². The maximum absolute atomic E-state index is 11.0. The fraction of sp³-hybridized carbons (Fsp3) is 0.750. The van der Waals surface area contributed by atoms with Crippen LogP contribution in [0, 0.1) is 16.7 Å². The predicted octanol–water partition coefficient (Wildman–Crippen LogP) is 4.42. The van der Waals surface area contributed by atoms with Gasteiger partial charge in [-0.15, -0.1) is 0 Å². The summed E-state index contributed by atoms with van der Waals surface area (Å²) in [7, 11) is 0. The third-order valence-corrected chi connectivity index (χ3v) is 4.09. The molecular weight excluding hydrogens is 316 g/mol. The molecule has 0 bridgehead atoms. The molecule has 0 amide bonds. The van der Waals surface area contributed by atoms with Gasteiger partial charge in [-0.3, -0.25) is 4.79 Å². The van der Waals surface area contributed by atoms with E-state index in [9.17, 15) is 14.4 Å². The molecule has 0 spiro atoms. The van der Waals surface area contributed by atoms with Crippen molar-refractivity contribution in [3.8, 4) is 0 Å². The average Bonchev–Trinajstić information content (AvgIpc) is 2.43. The van der Waals surface area contributed by atoms with Gasteiger partial charge in [0.15, 0.2) is 5.78 Å². The highest BCUT2D eigenvalue weighted by atomic mass is 16.1. The Morgan fingerprint density at radius 1 is 1.20 bits per heavy atom. The molecule has 0 aromatic heterocycles. The van der Waals surface area contributed by atoms with Crippen LogP contribution < -0.4 is 0 Å². The van der Waals surface area contributed by atoms with Crippen LogP contribution in [0.25, 0.3) is 0 Å². The van der Waals surface area contributed by atoms with Gasteiger partial charge in [0.1, 0.15) is 0 Å². The standard InChI is InChI=1S/C11H18N2O2.C9H14O/c1-10(4-5-12-8-14)6-11(2,3)7-13-9-15;1-7-4-8(10)6-9(2,3)5-7/h10H,4-7H2,1-3H3;4H,5-6H2,1-3H3. The maximum Gasteiger partial charge on any atom is 0.234 e. The lowest BCUT2D eigenvalue weighted by molar-refractivity contribution is -0.117. The van der Waals surface area contributed by atoms with Crippen molar-refractivity contribution < 1.29 is 14.4 Å². The molecule has 1 rings (SSSR count). The molecule has 1 atom stereocenters. The van der Waals surface area contributed by atoms with Gasteiger partial charge in [-0.1, -0.05) is 40.2 Å². The summed E-state index contributed by atoms with van der Waals surface area (Å²) < 4.78 is 0. The Bertz CT molecular complexity index is 563. The topological polar surface area (TPSA) is 75.9 Å². The van der Waals surface area contributed by atoms with E-state index >= 15 is 0 Å². The van der Waals surface area contributed by atoms with Crippen LogP contribution in [-0.4, -0.2) is 31.0 Å². The van der Waals surface area contributed by atoms with Crippen LogP contribution in [0.15, 0.2) is 21.6 Å². The van der Waals surface area contributed by atoms with Crippen LogP contribution in [0.1, 0.15) is 67.2 Å². The Kier molecular flexibility index (Phi) is 10.1. The van der Waals surface area contributed by atoms with E-state index in [1.807, 2.05) is 6.92 Å². The predicted molar refractivity (Wildman–Crippen MR) is 99.9 cm³/mol. The minimum atomic E-state index is 0.00171. The average molecular weight is 348 g/mol. The summed E-state index contributed by atoms with van der Waals surface area (Å²) >= 11 is 0. The number of allylic oxidation sites excluding steroid dienone is 2. The van der Waals surface area contributed by atoms with Crippen molar-refractivity contribution in [1.82, 2.24) is 0 Å². The molecule has 0 saturated heterocycles. The number of carbonyl (C=O) groups excluding carboxylic acids is 3. The van der Waals surface area contributed by atoms with Crippen LogP contribution in [-0.2, 0) is 14.4 Å². The fourth-order valence-corrected chi connectivity index (χ4v) is 3.35. The van der Waals surface area contributed by atoms with Gasteiger partial charge in [0.05, 0.1) is 13.1 Å². The van der Waals surface area contributed by atoms with Gasteiger partial charge in [0, 0.05) is 6.42 Å². The van der Waals surface area contributed by atoms with Gasteiger partial charge in [-0.05, 0) is 49.0 Å². The van der Waals surface area contributed by atoms with E-state index in [2.05, 4.69) is 44.6 Å². The molecule has 5 heteroatoms. The first-order chi connectivity index (χ1) is 11.5. The van der Waals surface area contributed by atoms with Crippen LogP contribution in [0.4, 0.5) is 0 Å². The summed E-state index contributed by atoms with van der Waals surface area (Å²) in [6, 6.07) is 0. The van der Waals surface area contributed by atoms with Crippen molar-refractivity contribution in [3.05, 3.63) is 11.6 Å². The SMILES string of the molecule is CC(CCN=C=O)CC(C)(C)CN=C=O.CC1=CC(=O)CC(C)(C)C1. The zero-order chi connectivity index (χ0) is 19.5. The molecule has 1 unspecified atom stereocenters. The van der Waals surface area contributed by atoms with Gasteiger partial charge in [0.2, 0.25) is 12.2 Å². The molecule has 0 radical (unpaired) electrons. The number of isocyanates is 2. The molecule has 0 fully saturated rings. The lowest BCUT2D eigenvalue weighted by Crippen LogP contribution is -2.20. The zero-order valence-corrected chi connectivity index (χ0v) is 16.5. The molecule has 0 aliphatic heterocycles. The summed E-state index contributed by atoms with van der Waals surface area (Å²) in [6.07, 6.45) is 8.45. The molecule has 0 aromatic carbocycles. The van der Waals surface area contributed by atoms with E-state index in [1.165, 1.54) is 11.7 Å². The van der Waals surface area contributed by atoms with Crippen molar-refractivity contribution in [2.45, 2.75) is 67.2 Å². The first-order valence-electron chi connectivity index (χ1n) is 8.78. The van der Waals surface area contributed by atoms with Crippen molar-refractivity contribution in [2.24, 2.45) is 26.7 Å². The quantitative estimate of drug-likeness (QED) is 0.505. The number of rotatable bonds is 7. The fourth-order valence-electron chi connectivity index (χ4n) is 3.35. The molecule has 0 saturated carbocycles. The second-order valence-corrected chi connectivity index (χ2v) is 8.62. The van der Waals surface area contributed by atoms with E-state index in [-0.39, 0.29) is 16.6 Å². The Hall–Kier alpha value is -1.83. The van der Waals surface area contributed by atoms with E-state index in [0.29, 0.717) is 25.4 Å². The normalized spacial score (nSPS) is 17.2. The first kappa shape index (κ1) is 23.2. The second kappa shape index (κ2) is 10.9. The van der Waals surface area contributed by atoms with Gasteiger partial charge >= 0.3 is 0 Å². The van der Waals surface area contributed by atoms with E-state index in [0.717, 1.165) is 19.3 Å². The first-order valence-corrected chi connectivity index (χ1v) is 8.78. The van der Waals surface area contributed by atoms with Crippen molar-refractivity contribution in [1.29, 1.82) is 0 Å². The molecule has 0 heterocycles. The van der Waals surface area contributed by atoms with Gasteiger partial charge in [-0.2, -0.15) is 0 Å². The molecule has 0 N–H and O–H groups in total. The number of hydrogen-bond donors (Lipinski definition) is 0. The van der Waals surface area contributed by atoms with E-state index in [1.54, 1.807) is 12.2 Å². The van der Waals surface area contributed by atoms with Crippen molar-refractivity contribution >= 4 is 17.9 Å². The van der Waals surface area contributed by atoms with Crippen molar-refractivity contribution in [2.75, 3.05) is 13.1 Å². The highest BCUT2D eigenvalue weighted by Crippen LogP contribution is 2.33. The zero-order valence-electron chi connectivity index (χ0n) is 16.5. The minimum absolute atomic E-state index is 0.00171. The largest absolute Gasteiger partial charge is 0.295 e. The Balaban J connectivity index is 0.000000496. The number of hydrogen-bond acceptors (Lipinski definition) is 5. The number of ketones is 1. The lowest BCUT2D eigenvalue weighted by atomic mass is 9.77. The Labute approximate surface area is 151 Å². The highest BCUT2D eigenvalue weighted by Gasteiger charge is 2.25. The summed E-state index contributed by atoms with van der Waals surface area (Å²) in [6.45, 7) is 13.6. The minimum Gasteiger partial charge on any atom is -0.295 e. The smallest absolute Gasteiger partial charge is 0.234 e. The maximum atomic E-state index is 11.0. The molecular formula is C20H32N2O3. The number of nitrogens with zero attached hydrogens (tertiary/aromatic N) is 2. The van der Waals surface area contributed by atoms with E-state index in [4.69, 9.17) is 0 Å². The molecule has 0 aromatic rings. The van der Waals surface area contributed by atoms with Crippen LogP contribution in [0.2, 0.25) is 0 Å². The monoisotopic (exact) mass is 348 g/mol. The third-order valence-electron chi connectivity index (χ3n) is 4.09. The second-order valence-electron chi connectivity index (χ2n) is 8.62. The molecule has 140 valence electrons. The summed E-state index contributed by atoms with van der Waals surface area (Å²) in [5, 5.41) is 0. The van der Waals surface area contributed by atoms with Gasteiger partial charge in [-0.25, -0.2) is 19.6 Å². The molecule has 25 heavy (non-hydrogen) atoms. The highest BCUT2D eigenvalue weighted by molar-refractivity contribution is 5.91. The van der Waals surface area contributed by atoms with Gasteiger partial charge in [0.25, 0.3) is 0 Å². The summed E-state index contributed by atoms with van der Waals surface area (Å²) in [4.78, 5) is 38.0. The third kappa shape index (κ3) is 12.2. The molecule has 1 aliphatic rings. The van der Waals surface area contributed by atoms with Crippen LogP contribution in [0.3, 0.4) is 0 Å². The van der Waals surface area contributed by atoms with Gasteiger partial charge < -0.3 is 0 Å².